The van der Waals surface area contributed by atoms with Crippen molar-refractivity contribution >= 4 is 38.5 Å². The van der Waals surface area contributed by atoms with Crippen molar-refractivity contribution in [3.8, 4) is 5.75 Å². The fraction of sp³-hybridized carbons (Fsp3) is 0.364. The van der Waals surface area contributed by atoms with Gasteiger partial charge in [-0.1, -0.05) is 27.7 Å². The summed E-state index contributed by atoms with van der Waals surface area (Å²) in [5.41, 5.74) is 1.04. The lowest BCUT2D eigenvalue weighted by atomic mass is 10.3. The summed E-state index contributed by atoms with van der Waals surface area (Å²) in [6.45, 7) is 0.883. The van der Waals surface area contributed by atoms with E-state index in [0.717, 1.165) is 28.5 Å². The predicted octanol–water partition coefficient (Wildman–Crippen LogP) is 2.97. The Morgan fingerprint density at radius 1 is 1.50 bits per heavy atom. The Morgan fingerprint density at radius 3 is 2.81 bits per heavy atom. The van der Waals surface area contributed by atoms with E-state index in [2.05, 4.69) is 26.2 Å². The Morgan fingerprint density at radius 2 is 2.25 bits per heavy atom. The van der Waals surface area contributed by atoms with Crippen molar-refractivity contribution < 1.29 is 4.74 Å². The first-order chi connectivity index (χ1) is 7.81. The second kappa shape index (κ2) is 5.59. The molecule has 1 aliphatic heterocycles. The summed E-state index contributed by atoms with van der Waals surface area (Å²) in [5.74, 6) is 0.866. The standard InChI is InChI=1S/C11H13BrN2OS/c1-15-9-4-2-8(3-5-9)14-11-13-7-10(6-12)16-11/h2-5,10H,6-7H2,1H3,(H,13,14). The minimum Gasteiger partial charge on any atom is -0.497 e. The number of alkyl halides is 1. The summed E-state index contributed by atoms with van der Waals surface area (Å²) >= 11 is 5.25. The molecule has 1 N–H and O–H groups in total. The monoisotopic (exact) mass is 300 g/mol. The number of aliphatic imine (C=N–C) groups is 1. The normalized spacial score (nSPS) is 19.4. The molecule has 16 heavy (non-hydrogen) atoms. The fourth-order valence-corrected chi connectivity index (χ4v) is 2.82. The molecular weight excluding hydrogens is 288 g/mol. The second-order valence-corrected chi connectivity index (χ2v) is 5.33. The third-order valence-electron chi connectivity index (χ3n) is 2.23. The molecule has 0 aliphatic carbocycles. The number of methoxy groups -OCH3 is 1. The number of rotatable bonds is 3. The van der Waals surface area contributed by atoms with Crippen molar-refractivity contribution in [3.05, 3.63) is 24.3 Å². The van der Waals surface area contributed by atoms with Gasteiger partial charge < -0.3 is 10.1 Å². The molecule has 0 aromatic heterocycles. The largest absolute Gasteiger partial charge is 0.497 e. The number of hydrogen-bond donors (Lipinski definition) is 1. The predicted molar refractivity (Wildman–Crippen MR) is 74.1 cm³/mol. The van der Waals surface area contributed by atoms with Crippen LogP contribution in [0.5, 0.6) is 5.75 Å². The zero-order chi connectivity index (χ0) is 11.4. The third kappa shape index (κ3) is 2.92. The maximum Gasteiger partial charge on any atom is 0.161 e. The first-order valence-corrected chi connectivity index (χ1v) is 7.00. The number of benzene rings is 1. The van der Waals surface area contributed by atoms with E-state index in [4.69, 9.17) is 4.74 Å². The van der Waals surface area contributed by atoms with E-state index in [1.807, 2.05) is 24.3 Å². The number of amidine groups is 1. The molecule has 0 saturated carbocycles. The van der Waals surface area contributed by atoms with Gasteiger partial charge >= 0.3 is 0 Å². The number of nitrogens with zero attached hydrogens (tertiary/aromatic N) is 1. The van der Waals surface area contributed by atoms with Crippen LogP contribution in [0.15, 0.2) is 29.3 Å². The smallest absolute Gasteiger partial charge is 0.161 e. The van der Waals surface area contributed by atoms with Gasteiger partial charge in [-0.3, -0.25) is 4.99 Å². The number of thioether (sulfide) groups is 1. The molecule has 0 spiro atoms. The van der Waals surface area contributed by atoms with Gasteiger partial charge in [0.2, 0.25) is 0 Å². The topological polar surface area (TPSA) is 33.6 Å². The average Bonchev–Trinajstić information content (AvgIpc) is 2.78. The zero-order valence-electron chi connectivity index (χ0n) is 8.94. The van der Waals surface area contributed by atoms with Gasteiger partial charge in [-0.2, -0.15) is 0 Å². The SMILES string of the molecule is COc1ccc(NC2=NCC(CBr)S2)cc1. The molecule has 0 fully saturated rings. The first kappa shape index (κ1) is 11.8. The molecule has 86 valence electrons. The van der Waals surface area contributed by atoms with Gasteiger partial charge in [0.15, 0.2) is 5.17 Å². The maximum absolute atomic E-state index is 5.10. The molecule has 2 rings (SSSR count). The minimum atomic E-state index is 0.556. The molecule has 1 unspecified atom stereocenters. The molecule has 1 heterocycles. The highest BCUT2D eigenvalue weighted by Crippen LogP contribution is 2.24. The first-order valence-electron chi connectivity index (χ1n) is 5.00. The van der Waals surface area contributed by atoms with Gasteiger partial charge in [-0.15, -0.1) is 0 Å². The maximum atomic E-state index is 5.10. The summed E-state index contributed by atoms with van der Waals surface area (Å²) in [5, 5.41) is 5.83. The van der Waals surface area contributed by atoms with Crippen molar-refractivity contribution in [1.82, 2.24) is 0 Å². The molecule has 5 heteroatoms. The summed E-state index contributed by atoms with van der Waals surface area (Å²) in [7, 11) is 1.67. The van der Waals surface area contributed by atoms with Crippen molar-refractivity contribution in [2.24, 2.45) is 4.99 Å². The van der Waals surface area contributed by atoms with E-state index < -0.39 is 0 Å². The Hall–Kier alpha value is -0.680. The number of nitrogens with one attached hydrogen (secondary N) is 1. The minimum absolute atomic E-state index is 0.556. The highest BCUT2D eigenvalue weighted by molar-refractivity contribution is 9.09. The molecular formula is C11H13BrN2OS. The lowest BCUT2D eigenvalue weighted by molar-refractivity contribution is 0.415. The Bertz CT molecular complexity index is 380. The molecule has 0 bridgehead atoms. The summed E-state index contributed by atoms with van der Waals surface area (Å²) in [6, 6.07) is 7.85. The van der Waals surface area contributed by atoms with E-state index in [-0.39, 0.29) is 0 Å². The molecule has 0 amide bonds. The summed E-state index contributed by atoms with van der Waals surface area (Å²) in [6.07, 6.45) is 0. The van der Waals surface area contributed by atoms with Gasteiger partial charge in [0.25, 0.3) is 0 Å². The zero-order valence-corrected chi connectivity index (χ0v) is 11.3. The average molecular weight is 301 g/mol. The number of anilines is 1. The van der Waals surface area contributed by atoms with Crippen LogP contribution in [0.2, 0.25) is 0 Å². The van der Waals surface area contributed by atoms with Gasteiger partial charge in [0, 0.05) is 16.3 Å². The molecule has 3 nitrogen and oxygen atoms in total. The van der Waals surface area contributed by atoms with Crippen LogP contribution in [0.1, 0.15) is 0 Å². The highest BCUT2D eigenvalue weighted by atomic mass is 79.9. The molecule has 1 aliphatic rings. The Labute approximate surface area is 108 Å². The molecule has 1 aromatic rings. The van der Waals surface area contributed by atoms with Crippen molar-refractivity contribution in [2.45, 2.75) is 5.25 Å². The molecule has 1 aromatic carbocycles. The highest BCUT2D eigenvalue weighted by Gasteiger charge is 2.18. The van der Waals surface area contributed by atoms with Crippen LogP contribution in [0.4, 0.5) is 5.69 Å². The number of halogens is 1. The van der Waals surface area contributed by atoms with Crippen molar-refractivity contribution in [1.29, 1.82) is 0 Å². The Kier molecular flexibility index (Phi) is 4.12. The van der Waals surface area contributed by atoms with Gasteiger partial charge in [0.1, 0.15) is 5.75 Å². The number of ether oxygens (including phenoxy) is 1. The molecule has 1 atom stereocenters. The van der Waals surface area contributed by atoms with Crippen LogP contribution in [-0.2, 0) is 0 Å². The van der Waals surface area contributed by atoms with Crippen LogP contribution >= 0.6 is 27.7 Å². The van der Waals surface area contributed by atoms with Crippen molar-refractivity contribution in [2.75, 3.05) is 24.3 Å². The van der Waals surface area contributed by atoms with Gasteiger partial charge in [-0.25, -0.2) is 0 Å². The van der Waals surface area contributed by atoms with Crippen LogP contribution in [0.3, 0.4) is 0 Å². The van der Waals surface area contributed by atoms with Crippen LogP contribution < -0.4 is 10.1 Å². The van der Waals surface area contributed by atoms with E-state index in [0.29, 0.717) is 5.25 Å². The fourth-order valence-electron chi connectivity index (χ4n) is 1.36. The summed E-state index contributed by atoms with van der Waals surface area (Å²) < 4.78 is 5.10. The molecule has 0 radical (unpaired) electrons. The lowest BCUT2D eigenvalue weighted by Crippen LogP contribution is -2.08. The second-order valence-electron chi connectivity index (χ2n) is 3.39. The van der Waals surface area contributed by atoms with Crippen LogP contribution in [0.25, 0.3) is 0 Å². The van der Waals surface area contributed by atoms with Crippen LogP contribution in [-0.4, -0.2) is 29.4 Å². The number of hydrogen-bond acceptors (Lipinski definition) is 4. The third-order valence-corrected chi connectivity index (χ3v) is 4.54. The van der Waals surface area contributed by atoms with Gasteiger partial charge in [-0.05, 0) is 24.3 Å². The van der Waals surface area contributed by atoms with E-state index in [1.165, 1.54) is 0 Å². The Balaban J connectivity index is 1.94. The van der Waals surface area contributed by atoms with Gasteiger partial charge in [0.05, 0.1) is 13.7 Å². The van der Waals surface area contributed by atoms with E-state index >= 15 is 0 Å². The van der Waals surface area contributed by atoms with E-state index in [9.17, 15) is 0 Å². The van der Waals surface area contributed by atoms with E-state index in [1.54, 1.807) is 18.9 Å². The lowest BCUT2D eigenvalue weighted by Gasteiger charge is -2.07. The van der Waals surface area contributed by atoms with Crippen molar-refractivity contribution in [3.63, 3.8) is 0 Å². The van der Waals surface area contributed by atoms with Crippen LogP contribution in [0, 0.1) is 0 Å². The summed E-state index contributed by atoms with van der Waals surface area (Å²) in [4.78, 5) is 4.43. The quantitative estimate of drug-likeness (QED) is 0.872. The molecule has 0 saturated heterocycles.